The topological polar surface area (TPSA) is 79.7 Å². The highest BCUT2D eigenvalue weighted by Gasteiger charge is 2.32. The van der Waals surface area contributed by atoms with Crippen LogP contribution in [0.15, 0.2) is 36.5 Å². The van der Waals surface area contributed by atoms with Crippen LogP contribution in [0.4, 0.5) is 14.5 Å². The lowest BCUT2D eigenvalue weighted by molar-refractivity contribution is -0.123. The van der Waals surface area contributed by atoms with Gasteiger partial charge in [0.1, 0.15) is 5.75 Å². The molecule has 2 aromatic rings. The first-order valence-electron chi connectivity index (χ1n) is 10.8. The van der Waals surface area contributed by atoms with Crippen molar-refractivity contribution in [1.29, 1.82) is 0 Å². The number of aromatic carboxylic acids is 1. The molecule has 0 spiro atoms. The van der Waals surface area contributed by atoms with Gasteiger partial charge in [0.15, 0.2) is 0 Å². The zero-order chi connectivity index (χ0) is 23.4. The summed E-state index contributed by atoms with van der Waals surface area (Å²) in [5, 5.41) is 9.83. The van der Waals surface area contributed by atoms with Gasteiger partial charge >= 0.3 is 5.97 Å². The number of anilines is 1. The Bertz CT molecular complexity index is 972. The van der Waals surface area contributed by atoms with Crippen LogP contribution in [-0.4, -0.2) is 28.0 Å². The lowest BCUT2D eigenvalue weighted by Crippen LogP contribution is -2.42. The molecule has 1 N–H and O–H groups in total. The number of aromatic nitrogens is 1. The van der Waals surface area contributed by atoms with Gasteiger partial charge in [0.25, 0.3) is 6.43 Å². The van der Waals surface area contributed by atoms with Crippen LogP contribution in [0.3, 0.4) is 0 Å². The van der Waals surface area contributed by atoms with E-state index in [9.17, 15) is 23.5 Å². The third-order valence-corrected chi connectivity index (χ3v) is 5.83. The predicted molar refractivity (Wildman–Crippen MR) is 116 cm³/mol. The minimum absolute atomic E-state index is 0.0504. The van der Waals surface area contributed by atoms with Crippen molar-refractivity contribution in [1.82, 2.24) is 4.98 Å². The van der Waals surface area contributed by atoms with Crippen LogP contribution in [-0.2, 0) is 4.79 Å². The third-order valence-electron chi connectivity index (χ3n) is 5.83. The fourth-order valence-corrected chi connectivity index (χ4v) is 4.08. The molecule has 0 unspecified atom stereocenters. The lowest BCUT2D eigenvalue weighted by Gasteiger charge is -2.34. The summed E-state index contributed by atoms with van der Waals surface area (Å²) < 4.78 is 31.9. The van der Waals surface area contributed by atoms with Crippen molar-refractivity contribution in [2.75, 3.05) is 4.90 Å². The fraction of sp³-hybridized carbons (Fsp3) is 0.458. The first-order valence-corrected chi connectivity index (χ1v) is 10.8. The average molecular weight is 446 g/mol. The standard InChI is InChI=1S/C24H28F2N2O4/c1-14(2)28(23(29)16-8-6-15(3)7-9-16)20-11-10-17(13-19(20)24(30)31)32-22-18(21(25)26)5-4-12-27-22/h4-5,10-16,21H,6-9H2,1-3H3,(H,30,31). The van der Waals surface area contributed by atoms with Gasteiger partial charge in [-0.15, -0.1) is 0 Å². The Labute approximate surface area is 186 Å². The van der Waals surface area contributed by atoms with Crippen LogP contribution in [0, 0.1) is 11.8 Å². The molecule has 172 valence electrons. The molecule has 1 aliphatic rings. The molecule has 0 radical (unpaired) electrons. The molecule has 6 nitrogen and oxygen atoms in total. The number of carbonyl (C=O) groups is 2. The SMILES string of the molecule is CC1CCC(C(=O)N(c2ccc(Oc3ncccc3C(F)F)cc2C(=O)O)C(C)C)CC1. The van der Waals surface area contributed by atoms with Gasteiger partial charge in [-0.3, -0.25) is 4.79 Å². The van der Waals surface area contributed by atoms with Crippen LogP contribution in [0.5, 0.6) is 11.6 Å². The van der Waals surface area contributed by atoms with E-state index >= 15 is 0 Å². The van der Waals surface area contributed by atoms with E-state index in [0.717, 1.165) is 25.7 Å². The van der Waals surface area contributed by atoms with Gasteiger partial charge in [-0.2, -0.15) is 0 Å². The molecule has 32 heavy (non-hydrogen) atoms. The number of benzene rings is 1. The number of hydrogen-bond donors (Lipinski definition) is 1. The number of nitrogens with zero attached hydrogens (tertiary/aromatic N) is 2. The predicted octanol–water partition coefficient (Wildman–Crippen LogP) is 6.08. The maximum absolute atomic E-state index is 13.3. The Hall–Kier alpha value is -3.03. The number of carbonyl (C=O) groups excluding carboxylic acids is 1. The van der Waals surface area contributed by atoms with Crippen molar-refractivity contribution in [3.05, 3.63) is 47.7 Å². The van der Waals surface area contributed by atoms with Crippen molar-refractivity contribution >= 4 is 17.6 Å². The van der Waals surface area contributed by atoms with Gasteiger partial charge in [0.05, 0.1) is 16.8 Å². The van der Waals surface area contributed by atoms with Gasteiger partial charge in [-0.1, -0.05) is 6.92 Å². The van der Waals surface area contributed by atoms with Crippen LogP contribution in [0.25, 0.3) is 0 Å². The molecule has 3 rings (SSSR count). The van der Waals surface area contributed by atoms with Crippen molar-refractivity contribution in [2.24, 2.45) is 11.8 Å². The summed E-state index contributed by atoms with van der Waals surface area (Å²) in [6, 6.07) is 6.52. The Balaban J connectivity index is 1.94. The van der Waals surface area contributed by atoms with Crippen molar-refractivity contribution in [2.45, 2.75) is 58.9 Å². The summed E-state index contributed by atoms with van der Waals surface area (Å²) in [6.45, 7) is 5.84. The average Bonchev–Trinajstić information content (AvgIpc) is 2.75. The normalized spacial score (nSPS) is 18.6. The second-order valence-electron chi connectivity index (χ2n) is 8.54. The molecule has 0 saturated heterocycles. The second-order valence-corrected chi connectivity index (χ2v) is 8.54. The fourth-order valence-electron chi connectivity index (χ4n) is 4.08. The van der Waals surface area contributed by atoms with E-state index in [1.54, 1.807) is 0 Å². The van der Waals surface area contributed by atoms with Gasteiger partial charge in [0, 0.05) is 18.2 Å². The first kappa shape index (κ1) is 23.6. The molecule has 1 aliphatic carbocycles. The third kappa shape index (κ3) is 5.23. The molecular weight excluding hydrogens is 418 g/mol. The number of carboxylic acid groups (broad SMARTS) is 1. The minimum atomic E-state index is -2.79. The molecular formula is C24H28F2N2O4. The summed E-state index contributed by atoms with van der Waals surface area (Å²) in [5.74, 6) is -1.13. The number of ether oxygens (including phenoxy) is 1. The number of alkyl halides is 2. The summed E-state index contributed by atoms with van der Waals surface area (Å²) in [4.78, 5) is 30.7. The van der Waals surface area contributed by atoms with Gasteiger partial charge < -0.3 is 14.7 Å². The molecule has 1 aromatic carbocycles. The summed E-state index contributed by atoms with van der Waals surface area (Å²) in [5.41, 5.74) is -0.263. The Morgan fingerprint density at radius 3 is 2.44 bits per heavy atom. The van der Waals surface area contributed by atoms with E-state index in [1.165, 1.54) is 41.4 Å². The van der Waals surface area contributed by atoms with E-state index < -0.39 is 12.4 Å². The highest BCUT2D eigenvalue weighted by Crippen LogP contribution is 2.36. The van der Waals surface area contributed by atoms with Crippen molar-refractivity contribution < 1.29 is 28.2 Å². The first-order chi connectivity index (χ1) is 15.2. The second kappa shape index (κ2) is 10.1. The number of pyridine rings is 1. The summed E-state index contributed by atoms with van der Waals surface area (Å²) in [6.07, 6.45) is 2.03. The Kier molecular flexibility index (Phi) is 7.43. The maximum atomic E-state index is 13.3. The molecule has 0 aliphatic heterocycles. The molecule has 0 atom stereocenters. The van der Waals surface area contributed by atoms with Crippen LogP contribution < -0.4 is 9.64 Å². The molecule has 1 aromatic heterocycles. The quantitative estimate of drug-likeness (QED) is 0.558. The monoisotopic (exact) mass is 446 g/mol. The van der Waals surface area contributed by atoms with Gasteiger partial charge in [-0.05, 0) is 75.8 Å². The molecule has 0 bridgehead atoms. The van der Waals surface area contributed by atoms with Gasteiger partial charge in [0.2, 0.25) is 11.8 Å². The van der Waals surface area contributed by atoms with E-state index in [1.807, 2.05) is 13.8 Å². The van der Waals surface area contributed by atoms with Crippen molar-refractivity contribution in [3.63, 3.8) is 0 Å². The largest absolute Gasteiger partial charge is 0.478 e. The van der Waals surface area contributed by atoms with Crippen molar-refractivity contribution in [3.8, 4) is 11.6 Å². The smallest absolute Gasteiger partial charge is 0.337 e. The van der Waals surface area contributed by atoms with Gasteiger partial charge in [-0.25, -0.2) is 18.6 Å². The molecule has 1 heterocycles. The molecule has 8 heteroatoms. The van der Waals surface area contributed by atoms with E-state index in [4.69, 9.17) is 4.74 Å². The Morgan fingerprint density at radius 2 is 1.84 bits per heavy atom. The number of hydrogen-bond acceptors (Lipinski definition) is 4. The number of carboxylic acids is 1. The highest BCUT2D eigenvalue weighted by molar-refractivity contribution is 6.03. The summed E-state index contributed by atoms with van der Waals surface area (Å²) in [7, 11) is 0. The molecule has 1 fully saturated rings. The summed E-state index contributed by atoms with van der Waals surface area (Å²) >= 11 is 0. The number of halogens is 2. The minimum Gasteiger partial charge on any atom is -0.478 e. The van der Waals surface area contributed by atoms with E-state index in [2.05, 4.69) is 11.9 Å². The van der Waals surface area contributed by atoms with E-state index in [0.29, 0.717) is 5.92 Å². The maximum Gasteiger partial charge on any atom is 0.337 e. The zero-order valence-corrected chi connectivity index (χ0v) is 18.4. The number of amides is 1. The highest BCUT2D eigenvalue weighted by atomic mass is 19.3. The van der Waals surface area contributed by atoms with Crippen LogP contribution in [0.1, 0.15) is 68.8 Å². The van der Waals surface area contributed by atoms with E-state index in [-0.39, 0.29) is 46.3 Å². The lowest BCUT2D eigenvalue weighted by atomic mass is 9.82. The molecule has 1 amide bonds. The molecule has 1 saturated carbocycles. The zero-order valence-electron chi connectivity index (χ0n) is 18.4. The van der Waals surface area contributed by atoms with Crippen LogP contribution >= 0.6 is 0 Å². The Morgan fingerprint density at radius 1 is 1.16 bits per heavy atom. The van der Waals surface area contributed by atoms with Crippen LogP contribution in [0.2, 0.25) is 0 Å². The number of rotatable bonds is 7.